The lowest BCUT2D eigenvalue weighted by molar-refractivity contribution is -0.137. The summed E-state index contributed by atoms with van der Waals surface area (Å²) in [4.78, 5) is 0. The number of nitrogens with one attached hydrogen (secondary N) is 1. The molecule has 0 saturated carbocycles. The van der Waals surface area contributed by atoms with Gasteiger partial charge in [-0.1, -0.05) is 23.2 Å². The fraction of sp³-hybridized carbons (Fsp3) is 0.143. The van der Waals surface area contributed by atoms with Crippen LogP contribution in [-0.2, 0) is 16.6 Å². The molecular weight excluding hydrogens is 350 g/mol. The summed E-state index contributed by atoms with van der Waals surface area (Å²) in [5, 5.41) is 10.1. The quantitative estimate of drug-likeness (QED) is 0.346. The zero-order valence-electron chi connectivity index (χ0n) is 9.02. The van der Waals surface area contributed by atoms with Crippen molar-refractivity contribution in [2.75, 3.05) is 5.43 Å². The summed E-state index contributed by atoms with van der Waals surface area (Å²) in [6, 6.07) is 1.36. The molecule has 0 bridgehead atoms. The summed E-state index contributed by atoms with van der Waals surface area (Å²) in [7, 11) is -4.92. The van der Waals surface area contributed by atoms with Crippen LogP contribution in [0.5, 0.6) is 0 Å². The van der Waals surface area contributed by atoms with E-state index in [1.165, 1.54) is 0 Å². The zero-order chi connectivity index (χ0) is 16.1. The number of halogens is 5. The lowest BCUT2D eigenvalue weighted by Crippen LogP contribution is -2.05. The van der Waals surface area contributed by atoms with Gasteiger partial charge in [0.1, 0.15) is 0 Å². The SMILES string of the molecule is N#[N+]Nc1c(Cl)cc(C(F)(F)F)cc1Cl.O=S(=O)([O-])O. The first-order valence-electron chi connectivity index (χ1n) is 4.21. The third-order valence-electron chi connectivity index (χ3n) is 1.53. The van der Waals surface area contributed by atoms with Crippen molar-refractivity contribution in [2.24, 2.45) is 0 Å². The maximum atomic E-state index is 12.3. The predicted octanol–water partition coefficient (Wildman–Crippen LogP) is 3.20. The first-order valence-corrected chi connectivity index (χ1v) is 6.33. The molecule has 0 aliphatic carbocycles. The Hall–Kier alpha value is -1.32. The van der Waals surface area contributed by atoms with E-state index in [2.05, 4.69) is 5.08 Å². The Morgan fingerprint density at radius 2 is 1.65 bits per heavy atom. The Kier molecular flexibility index (Phi) is 6.45. The molecule has 0 spiro atoms. The van der Waals surface area contributed by atoms with Gasteiger partial charge in [0.25, 0.3) is 5.39 Å². The topological polar surface area (TPSA) is 118 Å². The number of diazo groups is 1. The van der Waals surface area contributed by atoms with Crippen LogP contribution in [0.4, 0.5) is 18.9 Å². The molecule has 0 radical (unpaired) electrons. The van der Waals surface area contributed by atoms with Crippen molar-refractivity contribution in [3.05, 3.63) is 32.8 Å². The average Bonchev–Trinajstić information content (AvgIpc) is 2.19. The molecule has 1 rings (SSSR count). The number of benzene rings is 1. The maximum absolute atomic E-state index is 12.3. The Morgan fingerprint density at radius 3 is 1.90 bits per heavy atom. The van der Waals surface area contributed by atoms with E-state index < -0.39 is 22.1 Å². The van der Waals surface area contributed by atoms with E-state index in [0.29, 0.717) is 12.1 Å². The standard InChI is InChI=1S/C7H3Cl2F3N3.H2O4S/c8-4-1-3(7(10,11)12)2-5(9)6(4)14-15-13;1-5(2,3)4/h1-2,14H;(H2,1,2,3,4)/q+1;/p-1. The van der Waals surface area contributed by atoms with Gasteiger partial charge in [-0.15, -0.1) is 0 Å². The van der Waals surface area contributed by atoms with Crippen molar-refractivity contribution in [3.63, 3.8) is 0 Å². The minimum absolute atomic E-state index is 0.0890. The molecule has 112 valence electrons. The second-order valence-corrected chi connectivity index (χ2v) is 4.62. The van der Waals surface area contributed by atoms with Gasteiger partial charge in [-0.25, -0.2) is 8.42 Å². The highest BCUT2D eigenvalue weighted by atomic mass is 35.5. The molecule has 0 heterocycles. The molecule has 20 heavy (non-hydrogen) atoms. The van der Waals surface area contributed by atoms with E-state index in [-0.39, 0.29) is 15.7 Å². The third-order valence-corrected chi connectivity index (χ3v) is 2.13. The Morgan fingerprint density at radius 1 is 1.30 bits per heavy atom. The molecule has 0 atom stereocenters. The van der Waals surface area contributed by atoms with Crippen molar-refractivity contribution in [3.8, 4) is 0 Å². The summed E-state index contributed by atoms with van der Waals surface area (Å²) >= 11 is 11.0. The van der Waals surface area contributed by atoms with Crippen LogP contribution in [0.3, 0.4) is 0 Å². The zero-order valence-corrected chi connectivity index (χ0v) is 11.3. The van der Waals surface area contributed by atoms with Gasteiger partial charge < -0.3 is 4.55 Å². The third kappa shape index (κ3) is 7.31. The normalized spacial score (nSPS) is 11.1. The van der Waals surface area contributed by atoms with Gasteiger partial charge in [-0.05, 0) is 17.6 Å². The lowest BCUT2D eigenvalue weighted by Gasteiger charge is -2.08. The maximum Gasteiger partial charge on any atom is 0.416 e. The Balaban J connectivity index is 0.000000621. The second-order valence-electron chi connectivity index (χ2n) is 2.95. The van der Waals surface area contributed by atoms with Crippen LogP contribution >= 0.6 is 23.2 Å². The van der Waals surface area contributed by atoms with Crippen LogP contribution in [0.15, 0.2) is 12.1 Å². The van der Waals surface area contributed by atoms with E-state index in [1.807, 2.05) is 5.43 Å². The number of hydrogen-bond acceptors (Lipinski definition) is 5. The molecule has 1 aromatic rings. The van der Waals surface area contributed by atoms with E-state index in [1.54, 1.807) is 0 Å². The highest BCUT2D eigenvalue weighted by Crippen LogP contribution is 2.38. The average molecular weight is 354 g/mol. The van der Waals surface area contributed by atoms with Crippen molar-refractivity contribution in [1.82, 2.24) is 0 Å². The highest BCUT2D eigenvalue weighted by Gasteiger charge is 2.32. The molecule has 0 aliphatic rings. The molecule has 0 aliphatic heterocycles. The first kappa shape index (κ1) is 18.7. The Bertz CT molecular complexity index is 598. The minimum Gasteiger partial charge on any atom is -0.726 e. The molecule has 13 heteroatoms. The largest absolute Gasteiger partial charge is 0.726 e. The number of anilines is 1. The fourth-order valence-electron chi connectivity index (χ4n) is 0.894. The van der Waals surface area contributed by atoms with Gasteiger partial charge in [-0.3, -0.25) is 4.55 Å². The van der Waals surface area contributed by atoms with E-state index in [4.69, 9.17) is 46.1 Å². The first-order chi connectivity index (χ1) is 8.86. The lowest BCUT2D eigenvalue weighted by atomic mass is 10.2. The molecule has 7 nitrogen and oxygen atoms in total. The monoisotopic (exact) mass is 353 g/mol. The number of rotatable bonds is 1. The van der Waals surface area contributed by atoms with Crippen LogP contribution in [-0.4, -0.2) is 17.5 Å². The summed E-state index contributed by atoms with van der Waals surface area (Å²) in [6.07, 6.45) is -4.53. The van der Waals surface area contributed by atoms with Gasteiger partial charge >= 0.3 is 11.3 Å². The number of alkyl halides is 3. The molecule has 1 aromatic carbocycles. The summed E-state index contributed by atoms with van der Waals surface area (Å²) in [5.74, 6) is 0. The van der Waals surface area contributed by atoms with Crippen molar-refractivity contribution < 1.29 is 30.7 Å². The van der Waals surface area contributed by atoms with Crippen LogP contribution in [0.25, 0.3) is 5.08 Å². The highest BCUT2D eigenvalue weighted by molar-refractivity contribution is 7.79. The molecular formula is C7H4Cl2F3N3O4S. The molecule has 0 amide bonds. The molecule has 0 saturated heterocycles. The van der Waals surface area contributed by atoms with Crippen LogP contribution in [0.1, 0.15) is 5.56 Å². The van der Waals surface area contributed by atoms with E-state index in [0.717, 1.165) is 0 Å². The minimum atomic E-state index is -4.92. The smallest absolute Gasteiger partial charge is 0.416 e. The Labute approximate surface area is 120 Å². The van der Waals surface area contributed by atoms with E-state index >= 15 is 0 Å². The van der Waals surface area contributed by atoms with Crippen molar-refractivity contribution in [1.29, 1.82) is 5.39 Å². The van der Waals surface area contributed by atoms with Gasteiger partial charge in [0.05, 0.1) is 15.6 Å². The van der Waals surface area contributed by atoms with Crippen molar-refractivity contribution in [2.45, 2.75) is 6.18 Å². The molecule has 2 N–H and O–H groups in total. The fourth-order valence-corrected chi connectivity index (χ4v) is 1.47. The second kappa shape index (κ2) is 6.91. The summed E-state index contributed by atoms with van der Waals surface area (Å²) in [6.45, 7) is 0. The van der Waals surface area contributed by atoms with Crippen LogP contribution in [0.2, 0.25) is 10.0 Å². The molecule has 0 aromatic heterocycles. The summed E-state index contributed by atoms with van der Waals surface area (Å²) < 4.78 is 69.6. The van der Waals surface area contributed by atoms with Crippen molar-refractivity contribution >= 4 is 39.3 Å². The van der Waals surface area contributed by atoms with Gasteiger partial charge in [0.2, 0.25) is 10.4 Å². The van der Waals surface area contributed by atoms with E-state index in [9.17, 15) is 13.2 Å². The predicted molar refractivity (Wildman–Crippen MR) is 62.5 cm³/mol. The molecule has 0 unspecified atom stereocenters. The van der Waals surface area contributed by atoms with Gasteiger partial charge in [0.15, 0.2) is 5.69 Å². The molecule has 0 fully saturated rings. The van der Waals surface area contributed by atoms with Gasteiger partial charge in [0, 0.05) is 0 Å². The number of nitrogens with zero attached hydrogens (tertiary/aromatic N) is 2. The van der Waals surface area contributed by atoms with Gasteiger partial charge in [-0.2, -0.15) is 13.2 Å². The van der Waals surface area contributed by atoms with Crippen LogP contribution < -0.4 is 5.43 Å². The van der Waals surface area contributed by atoms with Crippen LogP contribution in [0, 0.1) is 5.39 Å². The summed E-state index contributed by atoms with van der Waals surface area (Å²) in [5.41, 5.74) is 0.912. The number of hydrogen-bond donors (Lipinski definition) is 2.